The lowest BCUT2D eigenvalue weighted by molar-refractivity contribution is -0.246. The van der Waals surface area contributed by atoms with Gasteiger partial charge >= 0.3 is 12.1 Å². The van der Waals surface area contributed by atoms with Gasteiger partial charge in [-0.1, -0.05) is 24.3 Å². The van der Waals surface area contributed by atoms with E-state index in [-0.39, 0.29) is 41.0 Å². The molecule has 9 heteroatoms. The van der Waals surface area contributed by atoms with Crippen LogP contribution in [0.2, 0.25) is 0 Å². The van der Waals surface area contributed by atoms with E-state index in [1.165, 1.54) is 42.3 Å². The highest BCUT2D eigenvalue weighted by Gasteiger charge is 2.61. The quantitative estimate of drug-likeness (QED) is 0.658. The van der Waals surface area contributed by atoms with E-state index in [1.54, 1.807) is 18.3 Å². The van der Waals surface area contributed by atoms with Gasteiger partial charge in [0.15, 0.2) is 0 Å². The number of carbonyl (C=O) groups is 1. The SMILES string of the molecule is COc1cc(-c2cnn(CCC(=O)O)c2)c2c(c1)C(O)(C(F)(F)F)c1ccccc1-2. The summed E-state index contributed by atoms with van der Waals surface area (Å²) in [5.74, 6) is -0.837. The molecule has 0 fully saturated rings. The molecule has 4 rings (SSSR count). The molecule has 1 aliphatic carbocycles. The number of ether oxygens (including phenoxy) is 1. The fraction of sp³-hybridized carbons (Fsp3) is 0.238. The summed E-state index contributed by atoms with van der Waals surface area (Å²) in [6.45, 7) is 0.116. The number of carboxylic acids is 1. The van der Waals surface area contributed by atoms with E-state index in [1.807, 2.05) is 0 Å². The van der Waals surface area contributed by atoms with Gasteiger partial charge in [0.25, 0.3) is 0 Å². The highest BCUT2D eigenvalue weighted by molar-refractivity contribution is 5.93. The number of aliphatic carboxylic acids is 1. The van der Waals surface area contributed by atoms with Gasteiger partial charge in [-0.15, -0.1) is 0 Å². The second-order valence-electron chi connectivity index (χ2n) is 6.99. The van der Waals surface area contributed by atoms with Crippen LogP contribution in [0.1, 0.15) is 17.5 Å². The average Bonchev–Trinajstić information content (AvgIpc) is 3.28. The molecule has 2 N–H and O–H groups in total. The number of aryl methyl sites for hydroxylation is 1. The third kappa shape index (κ3) is 2.93. The van der Waals surface area contributed by atoms with E-state index < -0.39 is 17.7 Å². The normalized spacial score (nSPS) is 17.5. The molecule has 1 atom stereocenters. The van der Waals surface area contributed by atoms with Crippen molar-refractivity contribution in [3.8, 4) is 28.0 Å². The summed E-state index contributed by atoms with van der Waals surface area (Å²) >= 11 is 0. The summed E-state index contributed by atoms with van der Waals surface area (Å²) in [4.78, 5) is 10.8. The minimum absolute atomic E-state index is 0.116. The first-order valence-corrected chi connectivity index (χ1v) is 9.03. The number of rotatable bonds is 5. The van der Waals surface area contributed by atoms with Gasteiger partial charge in [0.1, 0.15) is 5.75 Å². The Morgan fingerprint density at radius 3 is 2.60 bits per heavy atom. The largest absolute Gasteiger partial charge is 0.497 e. The molecule has 0 spiro atoms. The standard InChI is InChI=1S/C21H17F3N2O4/c1-30-13-8-15(12-10-25-26(11-12)7-6-18(27)28)19-14-4-2-3-5-16(14)20(29,17(19)9-13)21(22,23)24/h2-5,8-11,29H,6-7H2,1H3,(H,27,28). The molecule has 6 nitrogen and oxygen atoms in total. The van der Waals surface area contributed by atoms with E-state index in [2.05, 4.69) is 5.10 Å². The number of alkyl halides is 3. The topological polar surface area (TPSA) is 84.6 Å². The Labute approximate surface area is 169 Å². The Morgan fingerprint density at radius 2 is 1.93 bits per heavy atom. The van der Waals surface area contributed by atoms with Crippen molar-refractivity contribution in [2.75, 3.05) is 7.11 Å². The number of fused-ring (bicyclic) bond motifs is 3. The lowest BCUT2D eigenvalue weighted by Gasteiger charge is -2.28. The molecular formula is C21H17F3N2O4. The van der Waals surface area contributed by atoms with Crippen molar-refractivity contribution in [2.24, 2.45) is 0 Å². The maximum atomic E-state index is 14.1. The summed E-state index contributed by atoms with van der Waals surface area (Å²) in [6, 6.07) is 8.62. The first-order valence-electron chi connectivity index (χ1n) is 9.03. The van der Waals surface area contributed by atoms with E-state index in [9.17, 15) is 23.1 Å². The predicted octanol–water partition coefficient (Wildman–Crippen LogP) is 3.81. The second kappa shape index (κ2) is 6.88. The van der Waals surface area contributed by atoms with Crippen LogP contribution in [0.4, 0.5) is 13.2 Å². The van der Waals surface area contributed by atoms with Crippen molar-refractivity contribution in [2.45, 2.75) is 24.7 Å². The van der Waals surface area contributed by atoms with E-state index in [0.29, 0.717) is 11.1 Å². The molecule has 1 aliphatic rings. The van der Waals surface area contributed by atoms with Crippen LogP contribution in [0.3, 0.4) is 0 Å². The van der Waals surface area contributed by atoms with Crippen LogP contribution < -0.4 is 4.74 Å². The Kier molecular flexibility index (Phi) is 4.58. The monoisotopic (exact) mass is 418 g/mol. The fourth-order valence-electron chi connectivity index (χ4n) is 3.84. The van der Waals surface area contributed by atoms with Gasteiger partial charge in [-0.25, -0.2) is 0 Å². The molecule has 0 saturated heterocycles. The molecule has 0 bridgehead atoms. The number of nitrogens with zero attached hydrogens (tertiary/aromatic N) is 2. The third-order valence-corrected chi connectivity index (χ3v) is 5.23. The van der Waals surface area contributed by atoms with E-state index in [0.717, 1.165) is 0 Å². The summed E-state index contributed by atoms with van der Waals surface area (Å²) < 4.78 is 48.9. The highest BCUT2D eigenvalue weighted by atomic mass is 19.4. The fourth-order valence-corrected chi connectivity index (χ4v) is 3.84. The molecule has 156 valence electrons. The first kappa shape index (κ1) is 20.0. The molecule has 0 amide bonds. The first-order chi connectivity index (χ1) is 14.2. The summed E-state index contributed by atoms with van der Waals surface area (Å²) in [7, 11) is 1.33. The van der Waals surface area contributed by atoms with Gasteiger partial charge in [-0.05, 0) is 28.8 Å². The Morgan fingerprint density at radius 1 is 1.20 bits per heavy atom. The zero-order valence-electron chi connectivity index (χ0n) is 15.8. The van der Waals surface area contributed by atoms with Crippen LogP contribution in [0, 0.1) is 0 Å². The number of benzene rings is 2. The highest BCUT2D eigenvalue weighted by Crippen LogP contribution is 2.58. The molecule has 0 saturated carbocycles. The van der Waals surface area contributed by atoms with Crippen molar-refractivity contribution >= 4 is 5.97 Å². The second-order valence-corrected chi connectivity index (χ2v) is 6.99. The van der Waals surface area contributed by atoms with Crippen LogP contribution in [-0.4, -0.2) is 39.2 Å². The van der Waals surface area contributed by atoms with Crippen LogP contribution in [-0.2, 0) is 16.9 Å². The van der Waals surface area contributed by atoms with E-state index in [4.69, 9.17) is 9.84 Å². The summed E-state index contributed by atoms with van der Waals surface area (Å²) in [5.41, 5.74) is -2.35. The van der Waals surface area contributed by atoms with Crippen molar-refractivity contribution in [3.63, 3.8) is 0 Å². The molecule has 2 aromatic carbocycles. The number of halogens is 3. The summed E-state index contributed by atoms with van der Waals surface area (Å²) in [5, 5.41) is 23.9. The van der Waals surface area contributed by atoms with Crippen molar-refractivity contribution < 1.29 is 32.9 Å². The lowest BCUT2D eigenvalue weighted by Crippen LogP contribution is -2.41. The summed E-state index contributed by atoms with van der Waals surface area (Å²) in [6.07, 6.45) is -2.09. The van der Waals surface area contributed by atoms with Gasteiger partial charge in [0.2, 0.25) is 5.60 Å². The van der Waals surface area contributed by atoms with Crippen LogP contribution in [0.25, 0.3) is 22.3 Å². The molecule has 3 aromatic rings. The smallest absolute Gasteiger partial charge is 0.425 e. The van der Waals surface area contributed by atoms with Gasteiger partial charge in [0.05, 0.1) is 26.3 Å². The molecule has 1 heterocycles. The van der Waals surface area contributed by atoms with Crippen LogP contribution >= 0.6 is 0 Å². The van der Waals surface area contributed by atoms with Crippen molar-refractivity contribution in [1.82, 2.24) is 9.78 Å². The average molecular weight is 418 g/mol. The Hall–Kier alpha value is -3.33. The zero-order valence-corrected chi connectivity index (χ0v) is 15.8. The Bertz CT molecular complexity index is 1140. The van der Waals surface area contributed by atoms with Gasteiger partial charge < -0.3 is 14.9 Å². The third-order valence-electron chi connectivity index (χ3n) is 5.23. The minimum Gasteiger partial charge on any atom is -0.497 e. The molecular weight excluding hydrogens is 401 g/mol. The number of aromatic nitrogens is 2. The number of aliphatic hydroxyl groups is 1. The Balaban J connectivity index is 1.96. The number of methoxy groups -OCH3 is 1. The van der Waals surface area contributed by atoms with Gasteiger partial charge in [-0.3, -0.25) is 9.48 Å². The number of hydrogen-bond acceptors (Lipinski definition) is 4. The van der Waals surface area contributed by atoms with Crippen LogP contribution in [0.5, 0.6) is 5.75 Å². The number of hydrogen-bond donors (Lipinski definition) is 2. The molecule has 30 heavy (non-hydrogen) atoms. The molecule has 0 aliphatic heterocycles. The van der Waals surface area contributed by atoms with Gasteiger partial charge in [0, 0.05) is 22.9 Å². The van der Waals surface area contributed by atoms with E-state index >= 15 is 0 Å². The zero-order chi connectivity index (χ0) is 21.7. The number of carboxylic acid groups (broad SMARTS) is 1. The lowest BCUT2D eigenvalue weighted by atomic mass is 9.89. The maximum absolute atomic E-state index is 14.1. The molecule has 1 aromatic heterocycles. The maximum Gasteiger partial charge on any atom is 0.425 e. The minimum atomic E-state index is -4.95. The van der Waals surface area contributed by atoms with Gasteiger partial charge in [-0.2, -0.15) is 18.3 Å². The van der Waals surface area contributed by atoms with Crippen molar-refractivity contribution in [1.29, 1.82) is 0 Å². The molecule has 1 unspecified atom stereocenters. The van der Waals surface area contributed by atoms with Crippen LogP contribution in [0.15, 0.2) is 48.8 Å². The predicted molar refractivity (Wildman–Crippen MR) is 101 cm³/mol. The molecule has 0 radical (unpaired) electrons. The van der Waals surface area contributed by atoms with Crippen molar-refractivity contribution in [3.05, 3.63) is 59.9 Å².